The fourth-order valence-electron chi connectivity index (χ4n) is 4.12. The van der Waals surface area contributed by atoms with E-state index < -0.39 is 20.6 Å². The van der Waals surface area contributed by atoms with Crippen LogP contribution in [-0.4, -0.2) is 53.8 Å². The predicted octanol–water partition coefficient (Wildman–Crippen LogP) is 3.90. The van der Waals surface area contributed by atoms with Gasteiger partial charge in [0.1, 0.15) is 22.5 Å². The average Bonchev–Trinajstić information content (AvgIpc) is 2.81. The largest absolute Gasteiger partial charge is 0.354 e. The van der Waals surface area contributed by atoms with Crippen molar-refractivity contribution in [2.45, 2.75) is 25.2 Å². The van der Waals surface area contributed by atoms with Crippen LogP contribution in [0.5, 0.6) is 0 Å². The molecule has 0 unspecified atom stereocenters. The summed E-state index contributed by atoms with van der Waals surface area (Å²) in [6.07, 6.45) is 0.437. The highest BCUT2D eigenvalue weighted by atomic mass is 35.5. The van der Waals surface area contributed by atoms with Gasteiger partial charge in [0.15, 0.2) is 0 Å². The highest BCUT2D eigenvalue weighted by Crippen LogP contribution is 2.30. The summed E-state index contributed by atoms with van der Waals surface area (Å²) in [6, 6.07) is 9.82. The minimum absolute atomic E-state index is 0.126. The van der Waals surface area contributed by atoms with Crippen LogP contribution in [-0.2, 0) is 16.4 Å². The quantitative estimate of drug-likeness (QED) is 0.359. The Morgan fingerprint density at radius 3 is 2.46 bits per heavy atom. The smallest absolute Gasteiger partial charge is 0.289 e. The van der Waals surface area contributed by atoms with Gasteiger partial charge >= 0.3 is 0 Å². The molecule has 0 bridgehead atoms. The molecule has 1 aromatic heterocycles. The SMILES string of the molecule is Cc1nc(C)c(Cc2cccc(F)c2)c(N2CCN(S(=O)(=O)c3ccc(Cl)c([N+](=O)[O-])c3)CC2)n1. The van der Waals surface area contributed by atoms with Crippen LogP contribution in [0.4, 0.5) is 15.9 Å². The summed E-state index contributed by atoms with van der Waals surface area (Å²) in [7, 11) is -3.95. The average molecular weight is 520 g/mol. The zero-order chi connectivity index (χ0) is 25.3. The Morgan fingerprint density at radius 2 is 1.80 bits per heavy atom. The fraction of sp³-hybridized carbons (Fsp3) is 0.304. The van der Waals surface area contributed by atoms with Gasteiger partial charge in [0, 0.05) is 49.9 Å². The van der Waals surface area contributed by atoms with Crippen LogP contribution in [0, 0.1) is 29.8 Å². The van der Waals surface area contributed by atoms with E-state index in [1.54, 1.807) is 13.0 Å². The number of piperazine rings is 1. The lowest BCUT2D eigenvalue weighted by molar-refractivity contribution is -0.384. The van der Waals surface area contributed by atoms with E-state index in [4.69, 9.17) is 11.6 Å². The molecule has 4 rings (SSSR count). The predicted molar refractivity (Wildman–Crippen MR) is 130 cm³/mol. The monoisotopic (exact) mass is 519 g/mol. The van der Waals surface area contributed by atoms with Gasteiger partial charge in [0.25, 0.3) is 5.69 Å². The lowest BCUT2D eigenvalue weighted by atomic mass is 10.0. The molecule has 12 heteroatoms. The maximum Gasteiger partial charge on any atom is 0.289 e. The molecular formula is C23H23ClFN5O4S. The third-order valence-electron chi connectivity index (χ3n) is 5.86. The van der Waals surface area contributed by atoms with E-state index in [9.17, 15) is 22.9 Å². The van der Waals surface area contributed by atoms with E-state index in [1.807, 2.05) is 17.9 Å². The molecule has 1 saturated heterocycles. The second kappa shape index (κ2) is 9.84. The zero-order valence-electron chi connectivity index (χ0n) is 19.1. The van der Waals surface area contributed by atoms with Crippen LogP contribution in [0.3, 0.4) is 0 Å². The second-order valence-electron chi connectivity index (χ2n) is 8.23. The van der Waals surface area contributed by atoms with Crippen molar-refractivity contribution in [2.24, 2.45) is 0 Å². The Kier molecular flexibility index (Phi) is 7.02. The topological polar surface area (TPSA) is 110 Å². The number of sulfonamides is 1. The molecule has 0 radical (unpaired) electrons. The molecule has 184 valence electrons. The van der Waals surface area contributed by atoms with Crippen molar-refractivity contribution in [1.82, 2.24) is 14.3 Å². The number of hydrogen-bond acceptors (Lipinski definition) is 7. The maximum atomic E-state index is 13.7. The van der Waals surface area contributed by atoms with Crippen LogP contribution in [0.2, 0.25) is 5.02 Å². The molecule has 0 aliphatic carbocycles. The standard InChI is InChI=1S/C23H23ClFN5O4S/c1-15-20(13-17-4-3-5-18(25)12-17)23(27-16(2)26-15)28-8-10-29(11-9-28)35(33,34)19-6-7-21(24)22(14-19)30(31)32/h3-7,12,14H,8-11,13H2,1-2H3. The number of hydrogen-bond donors (Lipinski definition) is 0. The maximum absolute atomic E-state index is 13.7. The third-order valence-corrected chi connectivity index (χ3v) is 8.08. The summed E-state index contributed by atoms with van der Waals surface area (Å²) in [6.45, 7) is 4.72. The minimum atomic E-state index is -3.95. The number of rotatable bonds is 6. The molecular weight excluding hydrogens is 497 g/mol. The first-order valence-corrected chi connectivity index (χ1v) is 12.7. The van der Waals surface area contributed by atoms with Crippen molar-refractivity contribution in [3.8, 4) is 0 Å². The summed E-state index contributed by atoms with van der Waals surface area (Å²) in [5, 5.41) is 11.1. The Balaban J connectivity index is 1.57. The highest BCUT2D eigenvalue weighted by Gasteiger charge is 2.31. The van der Waals surface area contributed by atoms with Crippen molar-refractivity contribution < 1.29 is 17.7 Å². The minimum Gasteiger partial charge on any atom is -0.354 e. The Hall–Kier alpha value is -3.15. The molecule has 1 aliphatic heterocycles. The lowest BCUT2D eigenvalue weighted by Crippen LogP contribution is -2.49. The molecule has 9 nitrogen and oxygen atoms in total. The van der Waals surface area contributed by atoms with Crippen molar-refractivity contribution >= 4 is 33.1 Å². The summed E-state index contributed by atoms with van der Waals surface area (Å²) in [5.74, 6) is 0.957. The van der Waals surface area contributed by atoms with Gasteiger partial charge in [-0.25, -0.2) is 22.8 Å². The van der Waals surface area contributed by atoms with Gasteiger partial charge in [0.05, 0.1) is 9.82 Å². The normalized spacial score (nSPS) is 14.8. The number of anilines is 1. The van der Waals surface area contributed by atoms with E-state index in [1.165, 1.54) is 28.6 Å². The molecule has 1 aliphatic rings. The molecule has 0 saturated carbocycles. The number of benzene rings is 2. The summed E-state index contributed by atoms with van der Waals surface area (Å²) < 4.78 is 41.3. The van der Waals surface area contributed by atoms with Crippen molar-refractivity contribution in [3.63, 3.8) is 0 Å². The molecule has 2 heterocycles. The molecule has 0 amide bonds. The second-order valence-corrected chi connectivity index (χ2v) is 10.6. The zero-order valence-corrected chi connectivity index (χ0v) is 20.7. The van der Waals surface area contributed by atoms with Gasteiger partial charge in [-0.1, -0.05) is 23.7 Å². The van der Waals surface area contributed by atoms with Gasteiger partial charge < -0.3 is 4.90 Å². The summed E-state index contributed by atoms with van der Waals surface area (Å²) >= 11 is 5.83. The van der Waals surface area contributed by atoms with E-state index in [0.29, 0.717) is 31.2 Å². The van der Waals surface area contributed by atoms with E-state index in [2.05, 4.69) is 9.97 Å². The Morgan fingerprint density at radius 1 is 1.09 bits per heavy atom. The Bertz CT molecular complexity index is 1390. The van der Waals surface area contributed by atoms with Gasteiger partial charge in [-0.2, -0.15) is 4.31 Å². The van der Waals surface area contributed by atoms with Crippen LogP contribution in [0.1, 0.15) is 22.6 Å². The number of nitrogens with zero attached hydrogens (tertiary/aromatic N) is 5. The van der Waals surface area contributed by atoms with Crippen molar-refractivity contribution in [2.75, 3.05) is 31.1 Å². The van der Waals surface area contributed by atoms with Gasteiger partial charge in [0.2, 0.25) is 10.0 Å². The van der Waals surface area contributed by atoms with E-state index in [-0.39, 0.29) is 28.8 Å². The van der Waals surface area contributed by atoms with Crippen LogP contribution in [0.15, 0.2) is 47.4 Å². The number of halogens is 2. The number of aryl methyl sites for hydroxylation is 2. The van der Waals surface area contributed by atoms with E-state index in [0.717, 1.165) is 22.9 Å². The van der Waals surface area contributed by atoms with Crippen LogP contribution in [0.25, 0.3) is 0 Å². The van der Waals surface area contributed by atoms with Crippen LogP contribution >= 0.6 is 11.6 Å². The first-order chi connectivity index (χ1) is 16.6. The first-order valence-electron chi connectivity index (χ1n) is 10.8. The molecule has 0 spiro atoms. The van der Waals surface area contributed by atoms with Crippen molar-refractivity contribution in [3.05, 3.63) is 86.1 Å². The van der Waals surface area contributed by atoms with Gasteiger partial charge in [-0.3, -0.25) is 10.1 Å². The molecule has 3 aromatic rings. The summed E-state index contributed by atoms with van der Waals surface area (Å²) in [4.78, 5) is 21.4. The van der Waals surface area contributed by atoms with Crippen LogP contribution < -0.4 is 4.90 Å². The van der Waals surface area contributed by atoms with Gasteiger partial charge in [-0.15, -0.1) is 0 Å². The number of aromatic nitrogens is 2. The lowest BCUT2D eigenvalue weighted by Gasteiger charge is -2.35. The number of nitro groups is 1. The van der Waals surface area contributed by atoms with E-state index >= 15 is 0 Å². The first kappa shape index (κ1) is 25.0. The number of nitro benzene ring substituents is 1. The Labute approximate surface area is 207 Å². The molecule has 2 aromatic carbocycles. The van der Waals surface area contributed by atoms with Gasteiger partial charge in [-0.05, 0) is 43.7 Å². The van der Waals surface area contributed by atoms with Crippen molar-refractivity contribution in [1.29, 1.82) is 0 Å². The fourth-order valence-corrected chi connectivity index (χ4v) is 5.75. The summed E-state index contributed by atoms with van der Waals surface area (Å²) in [5.41, 5.74) is 1.96. The highest BCUT2D eigenvalue weighted by molar-refractivity contribution is 7.89. The molecule has 35 heavy (non-hydrogen) atoms. The third kappa shape index (κ3) is 5.26. The molecule has 0 atom stereocenters. The molecule has 1 fully saturated rings. The molecule has 0 N–H and O–H groups in total.